The first-order valence-electron chi connectivity index (χ1n) is 6.90. The maximum absolute atomic E-state index is 12.8. The van der Waals surface area contributed by atoms with Crippen LogP contribution in [0, 0.1) is 5.82 Å². The van der Waals surface area contributed by atoms with Crippen molar-refractivity contribution in [1.29, 1.82) is 0 Å². The summed E-state index contributed by atoms with van der Waals surface area (Å²) >= 11 is 0. The van der Waals surface area contributed by atoms with E-state index in [9.17, 15) is 4.39 Å². The van der Waals surface area contributed by atoms with Gasteiger partial charge in [0, 0.05) is 0 Å². The smallest absolute Gasteiger partial charge is 0.403 e. The Kier molecular flexibility index (Phi) is 4.02. The van der Waals surface area contributed by atoms with E-state index in [2.05, 4.69) is 27.7 Å². The maximum atomic E-state index is 12.8. The first-order chi connectivity index (χ1) is 8.80. The van der Waals surface area contributed by atoms with Gasteiger partial charge in [0.05, 0.1) is 11.2 Å². The van der Waals surface area contributed by atoms with Gasteiger partial charge in [0.15, 0.2) is 0 Å². The van der Waals surface area contributed by atoms with E-state index < -0.39 is 0 Å². The Morgan fingerprint density at radius 2 is 1.53 bits per heavy atom. The Labute approximate surface area is 115 Å². The average Bonchev–Trinajstić information content (AvgIpc) is 2.50. The minimum Gasteiger partial charge on any atom is -0.403 e. The van der Waals surface area contributed by atoms with E-state index in [1.54, 1.807) is 0 Å². The average molecular weight is 264 g/mol. The molecule has 4 heteroatoms. The molecule has 0 bridgehead atoms. The van der Waals surface area contributed by atoms with Gasteiger partial charge in [-0.1, -0.05) is 18.6 Å². The summed E-state index contributed by atoms with van der Waals surface area (Å²) in [5.74, 6) is -0.185. The van der Waals surface area contributed by atoms with Crippen molar-refractivity contribution in [1.82, 2.24) is 0 Å². The first kappa shape index (κ1) is 14.5. The molecule has 0 atom stereocenters. The van der Waals surface area contributed by atoms with Crippen LogP contribution >= 0.6 is 0 Å². The molecule has 104 valence electrons. The first-order valence-corrected chi connectivity index (χ1v) is 6.90. The Balaban J connectivity index is 1.80. The largest absolute Gasteiger partial charge is 0.457 e. The van der Waals surface area contributed by atoms with Crippen molar-refractivity contribution in [2.24, 2.45) is 0 Å². The van der Waals surface area contributed by atoms with E-state index in [1.165, 1.54) is 12.1 Å². The van der Waals surface area contributed by atoms with Crippen LogP contribution in [0.2, 0.25) is 6.32 Å². The minimum atomic E-state index is -0.256. The molecule has 1 fully saturated rings. The van der Waals surface area contributed by atoms with Gasteiger partial charge in [-0.25, -0.2) is 4.39 Å². The highest BCUT2D eigenvalue weighted by Gasteiger charge is 2.50. The molecule has 1 saturated heterocycles. The summed E-state index contributed by atoms with van der Waals surface area (Å²) in [7, 11) is -0.134. The lowest BCUT2D eigenvalue weighted by atomic mass is 9.82. The van der Waals surface area contributed by atoms with Crippen LogP contribution in [-0.4, -0.2) is 18.3 Å². The van der Waals surface area contributed by atoms with Gasteiger partial charge in [-0.2, -0.15) is 0 Å². The summed E-state index contributed by atoms with van der Waals surface area (Å²) in [5, 5.41) is 0. The summed E-state index contributed by atoms with van der Waals surface area (Å²) < 4.78 is 24.7. The summed E-state index contributed by atoms with van der Waals surface area (Å²) in [6.45, 7) is 8.25. The van der Waals surface area contributed by atoms with Crippen LogP contribution < -0.4 is 0 Å². The molecule has 0 saturated carbocycles. The second kappa shape index (κ2) is 5.26. The Bertz CT molecular complexity index is 412. The van der Waals surface area contributed by atoms with Crippen molar-refractivity contribution in [3.05, 3.63) is 35.6 Å². The Morgan fingerprint density at radius 1 is 1.00 bits per heavy atom. The van der Waals surface area contributed by atoms with Crippen molar-refractivity contribution >= 4 is 7.12 Å². The van der Waals surface area contributed by atoms with Gasteiger partial charge in [-0.05, 0) is 58.1 Å². The number of hydrogen-bond donors (Lipinski definition) is 0. The number of rotatable bonds is 4. The van der Waals surface area contributed by atoms with Gasteiger partial charge >= 0.3 is 7.12 Å². The molecule has 0 unspecified atom stereocenters. The van der Waals surface area contributed by atoms with Crippen LogP contribution in [-0.2, 0) is 15.7 Å². The molecular formula is C15H22BFO2. The molecule has 1 aliphatic heterocycles. The molecule has 0 aliphatic carbocycles. The predicted molar refractivity (Wildman–Crippen MR) is 75.6 cm³/mol. The van der Waals surface area contributed by atoms with Crippen LogP contribution in [0.4, 0.5) is 4.39 Å². The minimum absolute atomic E-state index is 0.134. The van der Waals surface area contributed by atoms with Gasteiger partial charge in [0.1, 0.15) is 5.82 Å². The van der Waals surface area contributed by atoms with E-state index in [4.69, 9.17) is 9.31 Å². The molecule has 0 aromatic heterocycles. The van der Waals surface area contributed by atoms with Crippen LogP contribution in [0.1, 0.15) is 39.7 Å². The fraction of sp³-hybridized carbons (Fsp3) is 0.600. The topological polar surface area (TPSA) is 18.5 Å². The fourth-order valence-corrected chi connectivity index (χ4v) is 2.21. The monoisotopic (exact) mass is 264 g/mol. The summed E-state index contributed by atoms with van der Waals surface area (Å²) in [5.41, 5.74) is 0.638. The molecule has 0 amide bonds. The quantitative estimate of drug-likeness (QED) is 0.769. The van der Waals surface area contributed by atoms with Gasteiger partial charge in [0.2, 0.25) is 0 Å². The van der Waals surface area contributed by atoms with Gasteiger partial charge in [-0.15, -0.1) is 0 Å². The van der Waals surface area contributed by atoms with E-state index in [0.29, 0.717) is 0 Å². The second-order valence-corrected chi connectivity index (χ2v) is 6.20. The molecule has 2 rings (SSSR count). The van der Waals surface area contributed by atoms with E-state index >= 15 is 0 Å². The normalized spacial score (nSPS) is 20.8. The summed E-state index contributed by atoms with van der Waals surface area (Å²) in [4.78, 5) is 0. The van der Waals surface area contributed by atoms with Crippen molar-refractivity contribution in [3.63, 3.8) is 0 Å². The zero-order valence-corrected chi connectivity index (χ0v) is 12.2. The standard InChI is InChI=1S/C15H22BFO2/c1-14(2)15(3,4)19-16(18-14)11-5-6-12-7-9-13(17)10-8-12/h7-10H,5-6,11H2,1-4H3. The highest BCUT2D eigenvalue weighted by Crippen LogP contribution is 2.38. The second-order valence-electron chi connectivity index (χ2n) is 6.20. The van der Waals surface area contributed by atoms with Crippen LogP contribution in [0.25, 0.3) is 0 Å². The van der Waals surface area contributed by atoms with Crippen molar-refractivity contribution in [3.8, 4) is 0 Å². The molecule has 2 nitrogen and oxygen atoms in total. The van der Waals surface area contributed by atoms with Crippen LogP contribution in [0.5, 0.6) is 0 Å². The summed E-state index contributed by atoms with van der Waals surface area (Å²) in [6.07, 6.45) is 2.76. The third-order valence-corrected chi connectivity index (χ3v) is 4.12. The number of benzene rings is 1. The highest BCUT2D eigenvalue weighted by atomic mass is 19.1. The van der Waals surface area contributed by atoms with E-state index in [1.807, 2.05) is 12.1 Å². The zero-order valence-electron chi connectivity index (χ0n) is 12.2. The Morgan fingerprint density at radius 3 is 2.05 bits per heavy atom. The number of aryl methyl sites for hydroxylation is 1. The van der Waals surface area contributed by atoms with Crippen molar-refractivity contribution in [2.75, 3.05) is 0 Å². The van der Waals surface area contributed by atoms with E-state index in [-0.39, 0.29) is 24.1 Å². The fourth-order valence-electron chi connectivity index (χ4n) is 2.21. The van der Waals surface area contributed by atoms with Gasteiger partial charge < -0.3 is 9.31 Å². The van der Waals surface area contributed by atoms with Gasteiger partial charge in [0.25, 0.3) is 0 Å². The lowest BCUT2D eigenvalue weighted by Crippen LogP contribution is -2.41. The third kappa shape index (κ3) is 3.37. The lowest BCUT2D eigenvalue weighted by molar-refractivity contribution is 0.00578. The molecule has 0 radical (unpaired) electrons. The van der Waals surface area contributed by atoms with Crippen molar-refractivity contribution < 1.29 is 13.7 Å². The number of hydrogen-bond acceptors (Lipinski definition) is 2. The molecule has 1 aliphatic rings. The molecular weight excluding hydrogens is 242 g/mol. The summed E-state index contributed by atoms with van der Waals surface area (Å²) in [6, 6.07) is 6.67. The third-order valence-electron chi connectivity index (χ3n) is 4.12. The van der Waals surface area contributed by atoms with E-state index in [0.717, 1.165) is 24.7 Å². The molecule has 0 N–H and O–H groups in total. The Hall–Kier alpha value is -0.865. The molecule has 0 spiro atoms. The molecule has 19 heavy (non-hydrogen) atoms. The molecule has 1 heterocycles. The SMILES string of the molecule is CC1(C)OB(CCCc2ccc(F)cc2)OC1(C)C. The van der Waals surface area contributed by atoms with Crippen molar-refractivity contribution in [2.45, 2.75) is 58.1 Å². The molecule has 1 aromatic carbocycles. The lowest BCUT2D eigenvalue weighted by Gasteiger charge is -2.32. The molecule has 1 aromatic rings. The maximum Gasteiger partial charge on any atom is 0.457 e. The van der Waals surface area contributed by atoms with Crippen LogP contribution in [0.15, 0.2) is 24.3 Å². The zero-order chi connectivity index (χ0) is 14.1. The predicted octanol–water partition coefficient (Wildman–Crippen LogP) is 3.85. The number of halogens is 1. The van der Waals surface area contributed by atoms with Crippen LogP contribution in [0.3, 0.4) is 0 Å². The van der Waals surface area contributed by atoms with Gasteiger partial charge in [-0.3, -0.25) is 0 Å². The highest BCUT2D eigenvalue weighted by molar-refractivity contribution is 6.45.